The van der Waals surface area contributed by atoms with Crippen molar-refractivity contribution in [3.63, 3.8) is 0 Å². The number of likely N-dealkylation sites (N-methyl/N-ethyl adjacent to an activating group) is 1. The molecule has 7 nitrogen and oxygen atoms in total. The van der Waals surface area contributed by atoms with Gasteiger partial charge in [0.15, 0.2) is 11.5 Å². The Morgan fingerprint density at radius 1 is 0.923 bits per heavy atom. The minimum Gasteiger partial charge on any atom is -0.492 e. The lowest BCUT2D eigenvalue weighted by atomic mass is 9.97. The summed E-state index contributed by atoms with van der Waals surface area (Å²) in [6, 6.07) is 24.7. The second-order valence-electron chi connectivity index (χ2n) is 10.4. The summed E-state index contributed by atoms with van der Waals surface area (Å²) < 4.78 is 9.15. The third-order valence-corrected chi connectivity index (χ3v) is 7.00. The van der Waals surface area contributed by atoms with Crippen molar-refractivity contribution < 1.29 is 4.74 Å². The standard InChI is InChI=1S/C32H35N5O2/c1-22(2)27-8-6-7-9-28(27)30-33-20-29-31(34-30)37(32(38)36(29)5)21-23-10-12-24(13-11-23)25-14-16-26(17-15-25)39-19-18-35(3)4/h6-17,20,22H,18-19,21H2,1-5H3. The molecule has 0 unspecified atom stereocenters. The quantitative estimate of drug-likeness (QED) is 0.254. The Bertz CT molecular complexity index is 1630. The molecule has 0 fully saturated rings. The van der Waals surface area contributed by atoms with E-state index in [0.29, 0.717) is 30.5 Å². The number of hydrogen-bond donors (Lipinski definition) is 0. The Balaban J connectivity index is 1.40. The van der Waals surface area contributed by atoms with Crippen molar-refractivity contribution in [2.75, 3.05) is 27.2 Å². The van der Waals surface area contributed by atoms with Gasteiger partial charge < -0.3 is 9.64 Å². The van der Waals surface area contributed by atoms with Crippen molar-refractivity contribution in [2.45, 2.75) is 26.3 Å². The lowest BCUT2D eigenvalue weighted by Crippen LogP contribution is -2.22. The second-order valence-corrected chi connectivity index (χ2v) is 10.4. The van der Waals surface area contributed by atoms with Crippen LogP contribution < -0.4 is 10.4 Å². The summed E-state index contributed by atoms with van der Waals surface area (Å²) >= 11 is 0. The molecule has 5 aromatic rings. The number of imidazole rings is 1. The zero-order chi connectivity index (χ0) is 27.5. The van der Waals surface area contributed by atoms with Gasteiger partial charge in [0.05, 0.1) is 12.7 Å². The summed E-state index contributed by atoms with van der Waals surface area (Å²) in [4.78, 5) is 24.8. The molecule has 0 amide bonds. The highest BCUT2D eigenvalue weighted by Crippen LogP contribution is 2.28. The Morgan fingerprint density at radius 3 is 2.26 bits per heavy atom. The van der Waals surface area contributed by atoms with Crippen molar-refractivity contribution in [2.24, 2.45) is 7.05 Å². The first kappa shape index (κ1) is 26.4. The highest BCUT2D eigenvalue weighted by atomic mass is 16.5. The largest absolute Gasteiger partial charge is 0.492 e. The minimum absolute atomic E-state index is 0.109. The van der Waals surface area contributed by atoms with Crippen LogP contribution in [0.2, 0.25) is 0 Å². The van der Waals surface area contributed by atoms with Crippen LogP contribution in [0.1, 0.15) is 30.9 Å². The van der Waals surface area contributed by atoms with E-state index in [-0.39, 0.29) is 5.69 Å². The fourth-order valence-corrected chi connectivity index (χ4v) is 4.73. The summed E-state index contributed by atoms with van der Waals surface area (Å²) in [6.07, 6.45) is 1.75. The van der Waals surface area contributed by atoms with Crippen molar-refractivity contribution in [1.82, 2.24) is 24.0 Å². The van der Waals surface area contributed by atoms with Crippen molar-refractivity contribution in [3.05, 3.63) is 101 Å². The van der Waals surface area contributed by atoms with Crippen LogP contribution >= 0.6 is 0 Å². The topological polar surface area (TPSA) is 65.2 Å². The fraction of sp³-hybridized carbons (Fsp3) is 0.281. The normalized spacial score (nSPS) is 11.6. The van der Waals surface area contributed by atoms with Gasteiger partial charge in [0, 0.05) is 19.2 Å². The van der Waals surface area contributed by atoms with E-state index < -0.39 is 0 Å². The number of benzene rings is 3. The Labute approximate surface area is 229 Å². The second kappa shape index (κ2) is 11.3. The van der Waals surface area contributed by atoms with Crippen molar-refractivity contribution >= 4 is 11.2 Å². The number of nitrogens with zero attached hydrogens (tertiary/aromatic N) is 5. The molecule has 0 N–H and O–H groups in total. The summed E-state index contributed by atoms with van der Waals surface area (Å²) in [5, 5.41) is 0. The average Bonchev–Trinajstić information content (AvgIpc) is 3.18. The number of aryl methyl sites for hydroxylation is 1. The van der Waals surface area contributed by atoms with E-state index in [2.05, 4.69) is 66.2 Å². The van der Waals surface area contributed by atoms with Crippen LogP contribution in [0.3, 0.4) is 0 Å². The first-order valence-electron chi connectivity index (χ1n) is 13.3. The first-order valence-corrected chi connectivity index (χ1v) is 13.3. The van der Waals surface area contributed by atoms with Gasteiger partial charge in [-0.2, -0.15) is 0 Å². The van der Waals surface area contributed by atoms with E-state index in [1.165, 1.54) is 5.56 Å². The third kappa shape index (κ3) is 5.64. The Kier molecular flexibility index (Phi) is 7.61. The predicted octanol–water partition coefficient (Wildman–Crippen LogP) is 5.58. The maximum Gasteiger partial charge on any atom is 0.330 e. The van der Waals surface area contributed by atoms with Gasteiger partial charge in [0.1, 0.15) is 17.9 Å². The molecule has 0 spiro atoms. The summed E-state index contributed by atoms with van der Waals surface area (Å²) in [5.41, 5.74) is 6.68. The third-order valence-electron chi connectivity index (χ3n) is 7.00. The van der Waals surface area contributed by atoms with Gasteiger partial charge in [-0.3, -0.25) is 9.13 Å². The van der Waals surface area contributed by atoms with E-state index in [9.17, 15) is 4.79 Å². The summed E-state index contributed by atoms with van der Waals surface area (Å²) in [5.74, 6) is 1.84. The molecule has 0 bridgehead atoms. The monoisotopic (exact) mass is 521 g/mol. The van der Waals surface area contributed by atoms with E-state index in [1.54, 1.807) is 22.4 Å². The molecule has 0 saturated carbocycles. The first-order chi connectivity index (χ1) is 18.8. The number of fused-ring (bicyclic) bond motifs is 1. The Morgan fingerprint density at radius 2 is 1.59 bits per heavy atom. The molecule has 200 valence electrons. The molecule has 0 aliphatic rings. The van der Waals surface area contributed by atoms with Gasteiger partial charge in [0.2, 0.25) is 0 Å². The molecular weight excluding hydrogens is 486 g/mol. The van der Waals surface area contributed by atoms with Crippen molar-refractivity contribution in [3.8, 4) is 28.3 Å². The van der Waals surface area contributed by atoms with E-state index in [1.807, 2.05) is 44.4 Å². The molecule has 0 saturated heterocycles. The van der Waals surface area contributed by atoms with Gasteiger partial charge in [-0.15, -0.1) is 0 Å². The summed E-state index contributed by atoms with van der Waals surface area (Å²) in [6.45, 7) is 6.28. The van der Waals surface area contributed by atoms with E-state index in [0.717, 1.165) is 40.1 Å². The molecule has 0 atom stereocenters. The van der Waals surface area contributed by atoms with Crippen LogP contribution in [0, 0.1) is 0 Å². The van der Waals surface area contributed by atoms with Crippen LogP contribution in [0.15, 0.2) is 83.8 Å². The van der Waals surface area contributed by atoms with E-state index >= 15 is 0 Å². The molecule has 0 aliphatic carbocycles. The van der Waals surface area contributed by atoms with Gasteiger partial charge in [-0.05, 0) is 54.4 Å². The lowest BCUT2D eigenvalue weighted by Gasteiger charge is -2.12. The maximum atomic E-state index is 13.2. The van der Waals surface area contributed by atoms with Crippen LogP contribution in [-0.4, -0.2) is 51.2 Å². The Hall–Kier alpha value is -4.23. The predicted molar refractivity (Wildman–Crippen MR) is 157 cm³/mol. The number of aromatic nitrogens is 4. The highest BCUT2D eigenvalue weighted by molar-refractivity contribution is 5.74. The molecule has 0 radical (unpaired) electrons. The van der Waals surface area contributed by atoms with E-state index in [4.69, 9.17) is 9.72 Å². The summed E-state index contributed by atoms with van der Waals surface area (Å²) in [7, 11) is 5.83. The van der Waals surface area contributed by atoms with Crippen LogP contribution in [0.4, 0.5) is 0 Å². The van der Waals surface area contributed by atoms with Gasteiger partial charge in [-0.1, -0.05) is 74.5 Å². The molecule has 5 rings (SSSR count). The number of rotatable bonds is 9. The molecule has 7 heteroatoms. The lowest BCUT2D eigenvalue weighted by molar-refractivity contribution is 0.261. The highest BCUT2D eigenvalue weighted by Gasteiger charge is 2.17. The molecule has 2 heterocycles. The van der Waals surface area contributed by atoms with Gasteiger partial charge in [-0.25, -0.2) is 14.8 Å². The van der Waals surface area contributed by atoms with Crippen LogP contribution in [0.5, 0.6) is 5.75 Å². The van der Waals surface area contributed by atoms with Gasteiger partial charge in [0.25, 0.3) is 0 Å². The van der Waals surface area contributed by atoms with Gasteiger partial charge >= 0.3 is 5.69 Å². The van der Waals surface area contributed by atoms with Crippen molar-refractivity contribution in [1.29, 1.82) is 0 Å². The minimum atomic E-state index is -0.109. The molecule has 39 heavy (non-hydrogen) atoms. The number of ether oxygens (including phenoxy) is 1. The zero-order valence-corrected chi connectivity index (χ0v) is 23.3. The molecule has 2 aromatic heterocycles. The smallest absolute Gasteiger partial charge is 0.330 e. The van der Waals surface area contributed by atoms with Crippen LogP contribution in [0.25, 0.3) is 33.7 Å². The maximum absolute atomic E-state index is 13.2. The molecule has 0 aliphatic heterocycles. The van der Waals surface area contributed by atoms with Crippen LogP contribution in [-0.2, 0) is 13.6 Å². The fourth-order valence-electron chi connectivity index (χ4n) is 4.73. The molecule has 3 aromatic carbocycles. The zero-order valence-electron chi connectivity index (χ0n) is 23.3. The SMILES string of the molecule is CC(C)c1ccccc1-c1ncc2c(n1)n(Cc1ccc(-c3ccc(OCCN(C)C)cc3)cc1)c(=O)n2C. The molecular formula is C32H35N5O2. The average molecular weight is 522 g/mol. The number of hydrogen-bond acceptors (Lipinski definition) is 5.